The number of para-hydroxylation sites is 1. The number of aliphatic hydroxyl groups is 1. The summed E-state index contributed by atoms with van der Waals surface area (Å²) in [6.45, 7) is 8.13. The Morgan fingerprint density at radius 2 is 2.09 bits per heavy atom. The van der Waals surface area contributed by atoms with E-state index in [9.17, 15) is 14.3 Å². The highest BCUT2D eigenvalue weighted by molar-refractivity contribution is 5.85. The van der Waals surface area contributed by atoms with Crippen molar-refractivity contribution in [3.63, 3.8) is 0 Å². The predicted molar refractivity (Wildman–Crippen MR) is 139 cm³/mol. The number of hydrogen-bond acceptors (Lipinski definition) is 4. The Hall–Kier alpha value is -3.25. The van der Waals surface area contributed by atoms with Crippen LogP contribution in [0.3, 0.4) is 0 Å². The van der Waals surface area contributed by atoms with Crippen molar-refractivity contribution in [3.05, 3.63) is 83.7 Å². The number of anilines is 1. The summed E-state index contributed by atoms with van der Waals surface area (Å²) < 4.78 is 13.3. The Bertz CT molecular complexity index is 1180. The van der Waals surface area contributed by atoms with E-state index in [1.807, 2.05) is 11.0 Å². The Morgan fingerprint density at radius 3 is 2.83 bits per heavy atom. The number of carbonyl (C=O) groups excluding carboxylic acids is 1. The summed E-state index contributed by atoms with van der Waals surface area (Å²) in [5, 5.41) is 11.4. The molecule has 1 aliphatic heterocycles. The number of carbonyl (C=O) groups is 1. The van der Waals surface area contributed by atoms with Crippen LogP contribution < -0.4 is 4.90 Å². The van der Waals surface area contributed by atoms with Gasteiger partial charge in [-0.05, 0) is 61.9 Å². The van der Waals surface area contributed by atoms with Crippen molar-refractivity contribution in [2.45, 2.75) is 51.7 Å². The highest BCUT2D eigenvalue weighted by Gasteiger charge is 2.24. The Kier molecular flexibility index (Phi) is 8.13. The van der Waals surface area contributed by atoms with Gasteiger partial charge >= 0.3 is 0 Å². The van der Waals surface area contributed by atoms with E-state index in [-0.39, 0.29) is 17.8 Å². The molecule has 6 heteroatoms. The van der Waals surface area contributed by atoms with E-state index >= 15 is 0 Å². The van der Waals surface area contributed by atoms with Crippen molar-refractivity contribution < 1.29 is 14.3 Å². The number of aryl methyl sites for hydroxylation is 1. The Labute approximate surface area is 206 Å². The minimum atomic E-state index is -0.380. The molecule has 0 spiro atoms. The first-order chi connectivity index (χ1) is 16.9. The molecular formula is C29H34FN3O2. The summed E-state index contributed by atoms with van der Waals surface area (Å²) in [4.78, 5) is 22.3. The standard InChI is InChI=1S/C29H34FN3O2/c1-3-4-10-27(35)32(17-15-22-11-13-25(30)14-12-22)19-24-18-23-8-5-7-21(2)28(23)31-29(24)33-16-6-9-26(34)20-33/h3,5,7-8,11-14,18,26,34H,1,4,6,9-10,15-17,19-20H2,2H3. The summed E-state index contributed by atoms with van der Waals surface area (Å²) in [6.07, 6.45) is 4.73. The van der Waals surface area contributed by atoms with Crippen LogP contribution in [0, 0.1) is 12.7 Å². The first-order valence-corrected chi connectivity index (χ1v) is 12.4. The fraction of sp³-hybridized carbons (Fsp3) is 0.379. The van der Waals surface area contributed by atoms with Crippen LogP contribution >= 0.6 is 0 Å². The number of piperidine rings is 1. The molecule has 3 aromatic rings. The zero-order chi connectivity index (χ0) is 24.8. The van der Waals surface area contributed by atoms with Gasteiger partial charge in [0.1, 0.15) is 11.6 Å². The van der Waals surface area contributed by atoms with Gasteiger partial charge in [0.05, 0.1) is 11.6 Å². The molecule has 5 nitrogen and oxygen atoms in total. The number of rotatable bonds is 9. The van der Waals surface area contributed by atoms with Crippen LogP contribution in [0.1, 0.15) is 42.4 Å². The zero-order valence-electron chi connectivity index (χ0n) is 20.4. The van der Waals surface area contributed by atoms with Gasteiger partial charge in [0.2, 0.25) is 5.91 Å². The van der Waals surface area contributed by atoms with Crippen LogP contribution in [0.2, 0.25) is 0 Å². The van der Waals surface area contributed by atoms with Crippen molar-refractivity contribution in [2.75, 3.05) is 24.5 Å². The fourth-order valence-electron chi connectivity index (χ4n) is 4.71. The molecule has 35 heavy (non-hydrogen) atoms. The van der Waals surface area contributed by atoms with Gasteiger partial charge in [0.15, 0.2) is 0 Å². The van der Waals surface area contributed by atoms with E-state index in [1.165, 1.54) is 12.1 Å². The van der Waals surface area contributed by atoms with Gasteiger partial charge in [-0.2, -0.15) is 0 Å². The van der Waals surface area contributed by atoms with E-state index in [2.05, 4.69) is 36.6 Å². The predicted octanol–water partition coefficient (Wildman–Crippen LogP) is 5.18. The second-order valence-corrected chi connectivity index (χ2v) is 9.38. The third kappa shape index (κ3) is 6.25. The lowest BCUT2D eigenvalue weighted by Crippen LogP contribution is -2.40. The van der Waals surface area contributed by atoms with Gasteiger partial charge in [-0.15, -0.1) is 6.58 Å². The number of aromatic nitrogens is 1. The van der Waals surface area contributed by atoms with E-state index in [1.54, 1.807) is 18.2 Å². The summed E-state index contributed by atoms with van der Waals surface area (Å²) in [6, 6.07) is 14.7. The lowest BCUT2D eigenvalue weighted by molar-refractivity contribution is -0.131. The van der Waals surface area contributed by atoms with E-state index < -0.39 is 0 Å². The maximum Gasteiger partial charge on any atom is 0.223 e. The summed E-state index contributed by atoms with van der Waals surface area (Å²) in [5.74, 6) is 0.633. The monoisotopic (exact) mass is 475 g/mol. The number of β-amino-alcohol motifs (C(OH)–C–C–N with tert-alkyl or cyclic N) is 1. The molecule has 4 rings (SSSR count). The average Bonchev–Trinajstić information content (AvgIpc) is 2.86. The smallest absolute Gasteiger partial charge is 0.223 e. The molecule has 1 unspecified atom stereocenters. The number of pyridine rings is 1. The third-order valence-corrected chi connectivity index (χ3v) is 6.66. The molecule has 1 saturated heterocycles. The minimum Gasteiger partial charge on any atom is -0.391 e. The fourth-order valence-corrected chi connectivity index (χ4v) is 4.71. The van der Waals surface area contributed by atoms with Gasteiger partial charge in [0.25, 0.3) is 0 Å². The van der Waals surface area contributed by atoms with Crippen molar-refractivity contribution in [1.29, 1.82) is 0 Å². The number of fused-ring (bicyclic) bond motifs is 1. The first-order valence-electron chi connectivity index (χ1n) is 12.4. The van der Waals surface area contributed by atoms with Crippen LogP contribution in [0.4, 0.5) is 10.2 Å². The molecule has 0 radical (unpaired) electrons. The van der Waals surface area contributed by atoms with Crippen molar-refractivity contribution in [3.8, 4) is 0 Å². The van der Waals surface area contributed by atoms with Crippen LogP contribution in [0.15, 0.2) is 61.2 Å². The maximum atomic E-state index is 13.3. The normalized spacial score (nSPS) is 15.9. The molecule has 1 aromatic heterocycles. The number of allylic oxidation sites excluding steroid dienone is 1. The van der Waals surface area contributed by atoms with Gasteiger partial charge < -0.3 is 14.9 Å². The third-order valence-electron chi connectivity index (χ3n) is 6.66. The van der Waals surface area contributed by atoms with E-state index in [4.69, 9.17) is 4.98 Å². The number of halogens is 1. The maximum absolute atomic E-state index is 13.3. The molecular weight excluding hydrogens is 441 g/mol. The Morgan fingerprint density at radius 1 is 1.29 bits per heavy atom. The molecule has 184 valence electrons. The number of nitrogens with zero attached hydrogens (tertiary/aromatic N) is 3. The molecule has 2 aromatic carbocycles. The minimum absolute atomic E-state index is 0.0565. The van der Waals surface area contributed by atoms with E-state index in [0.29, 0.717) is 38.9 Å². The molecule has 1 amide bonds. The van der Waals surface area contributed by atoms with Crippen LogP contribution in [0.5, 0.6) is 0 Å². The number of amides is 1. The zero-order valence-corrected chi connectivity index (χ0v) is 20.4. The lowest BCUT2D eigenvalue weighted by atomic mass is 10.0. The largest absolute Gasteiger partial charge is 0.391 e. The SMILES string of the molecule is C=CCCC(=O)N(CCc1ccc(F)cc1)Cc1cc2cccc(C)c2nc1N1CCCC(O)C1. The Balaban J connectivity index is 1.67. The highest BCUT2D eigenvalue weighted by atomic mass is 19.1. The molecule has 2 heterocycles. The van der Waals surface area contributed by atoms with Crippen LogP contribution in [-0.2, 0) is 17.8 Å². The van der Waals surface area contributed by atoms with Crippen molar-refractivity contribution in [1.82, 2.24) is 9.88 Å². The van der Waals surface area contributed by atoms with Gasteiger partial charge in [-0.3, -0.25) is 4.79 Å². The topological polar surface area (TPSA) is 56.7 Å². The van der Waals surface area contributed by atoms with Gasteiger partial charge in [-0.25, -0.2) is 9.37 Å². The first kappa shape index (κ1) is 24.9. The summed E-state index contributed by atoms with van der Waals surface area (Å²) >= 11 is 0. The molecule has 1 aliphatic rings. The van der Waals surface area contributed by atoms with Crippen LogP contribution in [0.25, 0.3) is 10.9 Å². The van der Waals surface area contributed by atoms with Gasteiger partial charge in [-0.1, -0.05) is 36.4 Å². The molecule has 1 atom stereocenters. The highest BCUT2D eigenvalue weighted by Crippen LogP contribution is 2.29. The molecule has 0 aliphatic carbocycles. The molecule has 1 fully saturated rings. The lowest BCUT2D eigenvalue weighted by Gasteiger charge is -2.34. The second kappa shape index (κ2) is 11.5. The molecule has 0 saturated carbocycles. The summed E-state index contributed by atoms with van der Waals surface area (Å²) in [7, 11) is 0. The van der Waals surface area contributed by atoms with Crippen LogP contribution in [-0.4, -0.2) is 46.6 Å². The number of hydrogen-bond donors (Lipinski definition) is 1. The second-order valence-electron chi connectivity index (χ2n) is 9.38. The summed E-state index contributed by atoms with van der Waals surface area (Å²) in [5.41, 5.74) is 4.01. The molecule has 0 bridgehead atoms. The molecule has 1 N–H and O–H groups in total. The van der Waals surface area contributed by atoms with Crippen molar-refractivity contribution in [2.24, 2.45) is 0 Å². The quantitative estimate of drug-likeness (QED) is 0.433. The van der Waals surface area contributed by atoms with Gasteiger partial charge in [0, 0.05) is 43.5 Å². The van der Waals surface area contributed by atoms with E-state index in [0.717, 1.165) is 52.8 Å². The average molecular weight is 476 g/mol. The number of aliphatic hydroxyl groups excluding tert-OH is 1. The number of benzene rings is 2. The van der Waals surface area contributed by atoms with Crippen molar-refractivity contribution >= 4 is 22.6 Å².